The zero-order chi connectivity index (χ0) is 18.8. The largest absolute Gasteiger partial charge is 0.100 e. The number of hydrogen-bond donors (Lipinski definition) is 0. The predicted octanol–water partition coefficient (Wildman–Crippen LogP) is 9.49. The monoisotopic (exact) mass is 350 g/mol. The Kier molecular flexibility index (Phi) is 18.3. The maximum atomic E-state index is 4.00. The number of hydrogen-bond acceptors (Lipinski definition) is 0. The van der Waals surface area contributed by atoms with Gasteiger partial charge in [-0.25, -0.2) is 0 Å². The van der Waals surface area contributed by atoms with Crippen LogP contribution in [-0.2, 0) is 0 Å². The molecule has 25 heavy (non-hydrogen) atoms. The molecule has 2 unspecified atom stereocenters. The van der Waals surface area contributed by atoms with Crippen LogP contribution in [0.25, 0.3) is 0 Å². The van der Waals surface area contributed by atoms with E-state index in [0.717, 1.165) is 11.8 Å². The second kappa shape index (κ2) is 18.5. The standard InChI is InChI=1S/C25H50/c1-6-9-10-11-15-18-21-24(7-2)25(8-3)22-19-16-13-12-14-17-20-23(4)5/h24-25H,4,6-22H2,1-3,5H3. The van der Waals surface area contributed by atoms with E-state index in [1.807, 2.05) is 0 Å². The van der Waals surface area contributed by atoms with E-state index >= 15 is 0 Å². The quantitative estimate of drug-likeness (QED) is 0.161. The maximum absolute atomic E-state index is 4.00. The molecule has 0 bridgehead atoms. The van der Waals surface area contributed by atoms with E-state index in [1.165, 1.54) is 115 Å². The second-order valence-electron chi connectivity index (χ2n) is 8.51. The molecule has 0 radical (unpaired) electrons. The van der Waals surface area contributed by atoms with Gasteiger partial charge in [0, 0.05) is 0 Å². The molecule has 0 aromatic heterocycles. The molecule has 0 aromatic rings. The lowest BCUT2D eigenvalue weighted by Crippen LogP contribution is -2.13. The molecule has 0 aliphatic heterocycles. The zero-order valence-corrected chi connectivity index (χ0v) is 18.4. The molecule has 0 N–H and O–H groups in total. The van der Waals surface area contributed by atoms with Gasteiger partial charge in [0.05, 0.1) is 0 Å². The minimum absolute atomic E-state index is 0.990. The van der Waals surface area contributed by atoms with Crippen LogP contribution in [0.5, 0.6) is 0 Å². The van der Waals surface area contributed by atoms with E-state index in [-0.39, 0.29) is 0 Å². The Labute approximate surface area is 161 Å². The molecule has 150 valence electrons. The van der Waals surface area contributed by atoms with Gasteiger partial charge in [-0.15, -0.1) is 6.58 Å². The fourth-order valence-electron chi connectivity index (χ4n) is 4.27. The third-order valence-corrected chi connectivity index (χ3v) is 6.07. The molecule has 0 saturated heterocycles. The molecule has 0 saturated carbocycles. The van der Waals surface area contributed by atoms with E-state index in [9.17, 15) is 0 Å². The van der Waals surface area contributed by atoms with Crippen molar-refractivity contribution in [3.05, 3.63) is 12.2 Å². The Morgan fingerprint density at radius 3 is 1.40 bits per heavy atom. The second-order valence-corrected chi connectivity index (χ2v) is 8.51. The Hall–Kier alpha value is -0.260. The van der Waals surface area contributed by atoms with Gasteiger partial charge in [-0.2, -0.15) is 0 Å². The molecule has 0 spiro atoms. The Bertz CT molecular complexity index is 278. The van der Waals surface area contributed by atoms with Crippen LogP contribution in [0.1, 0.15) is 137 Å². The molecule has 0 aliphatic carbocycles. The molecule has 0 rings (SSSR count). The van der Waals surface area contributed by atoms with E-state index in [1.54, 1.807) is 0 Å². The first-order chi connectivity index (χ1) is 12.2. The Morgan fingerprint density at radius 2 is 1.00 bits per heavy atom. The molecule has 0 amide bonds. The summed E-state index contributed by atoms with van der Waals surface area (Å²) in [5.41, 5.74) is 1.35. The summed E-state index contributed by atoms with van der Waals surface area (Å²) >= 11 is 0. The van der Waals surface area contributed by atoms with Crippen LogP contribution in [0, 0.1) is 11.8 Å². The van der Waals surface area contributed by atoms with Crippen LogP contribution in [0.3, 0.4) is 0 Å². The summed E-state index contributed by atoms with van der Waals surface area (Å²) < 4.78 is 0. The van der Waals surface area contributed by atoms with Crippen LogP contribution in [-0.4, -0.2) is 0 Å². The molecular formula is C25H50. The number of unbranched alkanes of at least 4 members (excludes halogenated alkanes) is 10. The Balaban J connectivity index is 3.71. The third-order valence-electron chi connectivity index (χ3n) is 6.07. The lowest BCUT2D eigenvalue weighted by atomic mass is 9.81. The third kappa shape index (κ3) is 15.7. The van der Waals surface area contributed by atoms with Gasteiger partial charge in [0.2, 0.25) is 0 Å². The number of rotatable bonds is 19. The van der Waals surface area contributed by atoms with E-state index in [4.69, 9.17) is 0 Å². The fourth-order valence-corrected chi connectivity index (χ4v) is 4.27. The van der Waals surface area contributed by atoms with Crippen LogP contribution in [0.2, 0.25) is 0 Å². The van der Waals surface area contributed by atoms with Gasteiger partial charge in [0.1, 0.15) is 0 Å². The first-order valence-corrected chi connectivity index (χ1v) is 11.8. The molecular weight excluding hydrogens is 300 g/mol. The summed E-state index contributed by atoms with van der Waals surface area (Å²) in [7, 11) is 0. The van der Waals surface area contributed by atoms with E-state index < -0.39 is 0 Å². The topological polar surface area (TPSA) is 0 Å². The normalized spacial score (nSPS) is 13.8. The number of allylic oxidation sites excluding steroid dienone is 1. The average Bonchev–Trinajstić information content (AvgIpc) is 2.60. The van der Waals surface area contributed by atoms with Crippen molar-refractivity contribution in [2.75, 3.05) is 0 Å². The minimum Gasteiger partial charge on any atom is -0.100 e. The molecule has 0 aromatic carbocycles. The van der Waals surface area contributed by atoms with Gasteiger partial charge in [0.25, 0.3) is 0 Å². The van der Waals surface area contributed by atoms with Crippen LogP contribution >= 0.6 is 0 Å². The van der Waals surface area contributed by atoms with Crippen molar-refractivity contribution in [1.29, 1.82) is 0 Å². The summed E-state index contributed by atoms with van der Waals surface area (Å²) in [6.45, 7) is 13.3. The minimum atomic E-state index is 0.990. The van der Waals surface area contributed by atoms with E-state index in [2.05, 4.69) is 34.3 Å². The zero-order valence-electron chi connectivity index (χ0n) is 18.4. The SMILES string of the molecule is C=C(C)CCCCCCCCC(CC)C(CC)CCCCCCCC. The summed E-state index contributed by atoms with van der Waals surface area (Å²) in [4.78, 5) is 0. The van der Waals surface area contributed by atoms with Crippen molar-refractivity contribution in [3.63, 3.8) is 0 Å². The summed E-state index contributed by atoms with van der Waals surface area (Å²) in [6, 6.07) is 0. The summed E-state index contributed by atoms with van der Waals surface area (Å²) in [5.74, 6) is 1.98. The molecule has 2 atom stereocenters. The maximum Gasteiger partial charge on any atom is -0.0326 e. The van der Waals surface area contributed by atoms with Crippen molar-refractivity contribution in [2.24, 2.45) is 11.8 Å². The van der Waals surface area contributed by atoms with Crippen molar-refractivity contribution < 1.29 is 0 Å². The molecule has 0 nitrogen and oxygen atoms in total. The van der Waals surface area contributed by atoms with Crippen LogP contribution in [0.15, 0.2) is 12.2 Å². The van der Waals surface area contributed by atoms with Gasteiger partial charge >= 0.3 is 0 Å². The molecule has 0 heterocycles. The molecule has 0 aliphatic rings. The highest BCUT2D eigenvalue weighted by atomic mass is 14.2. The van der Waals surface area contributed by atoms with Crippen molar-refractivity contribution >= 4 is 0 Å². The van der Waals surface area contributed by atoms with Gasteiger partial charge in [0.15, 0.2) is 0 Å². The first kappa shape index (κ1) is 24.7. The van der Waals surface area contributed by atoms with Gasteiger partial charge in [-0.1, -0.05) is 123 Å². The lowest BCUT2D eigenvalue weighted by Gasteiger charge is -2.25. The molecule has 0 heteroatoms. The van der Waals surface area contributed by atoms with Crippen LogP contribution < -0.4 is 0 Å². The highest BCUT2D eigenvalue weighted by molar-refractivity contribution is 4.86. The van der Waals surface area contributed by atoms with E-state index in [0.29, 0.717) is 0 Å². The van der Waals surface area contributed by atoms with Crippen molar-refractivity contribution in [1.82, 2.24) is 0 Å². The first-order valence-electron chi connectivity index (χ1n) is 11.8. The van der Waals surface area contributed by atoms with Gasteiger partial charge < -0.3 is 0 Å². The lowest BCUT2D eigenvalue weighted by molar-refractivity contribution is 0.263. The highest BCUT2D eigenvalue weighted by Gasteiger charge is 2.17. The highest BCUT2D eigenvalue weighted by Crippen LogP contribution is 2.30. The summed E-state index contributed by atoms with van der Waals surface area (Å²) in [6.07, 6.45) is 24.2. The predicted molar refractivity (Wildman–Crippen MR) is 117 cm³/mol. The van der Waals surface area contributed by atoms with Gasteiger partial charge in [-0.05, 0) is 31.6 Å². The average molecular weight is 351 g/mol. The van der Waals surface area contributed by atoms with Gasteiger partial charge in [-0.3, -0.25) is 0 Å². The van der Waals surface area contributed by atoms with Crippen molar-refractivity contribution in [2.45, 2.75) is 137 Å². The molecule has 0 fully saturated rings. The smallest absolute Gasteiger partial charge is 0.0326 e. The summed E-state index contributed by atoms with van der Waals surface area (Å²) in [5, 5.41) is 0. The fraction of sp³-hybridized carbons (Fsp3) is 0.920. The Morgan fingerprint density at radius 1 is 0.600 bits per heavy atom. The van der Waals surface area contributed by atoms with Crippen LogP contribution in [0.4, 0.5) is 0 Å². The van der Waals surface area contributed by atoms with Crippen molar-refractivity contribution in [3.8, 4) is 0 Å².